The highest BCUT2D eigenvalue weighted by atomic mass is 16.4. The second-order valence-corrected chi connectivity index (χ2v) is 21.4. The zero-order valence-electron chi connectivity index (χ0n) is 38.0. The van der Waals surface area contributed by atoms with Crippen LogP contribution >= 0.6 is 0 Å². The Morgan fingerprint density at radius 3 is 0.719 bits per heavy atom. The van der Waals surface area contributed by atoms with Gasteiger partial charge in [-0.2, -0.15) is 0 Å². The molecule has 6 rings (SSSR count). The molecule has 3 aromatic heterocycles. The van der Waals surface area contributed by atoms with Crippen molar-refractivity contribution in [2.75, 3.05) is 0 Å². The van der Waals surface area contributed by atoms with Gasteiger partial charge in [-0.05, 0) is 67.4 Å². The molecule has 3 N–H and O–H groups in total. The molecule has 0 bridgehead atoms. The maximum Gasteiger partial charge on any atom is 0.221 e. The molecule has 0 saturated heterocycles. The van der Waals surface area contributed by atoms with E-state index in [1.165, 1.54) is 16.7 Å². The van der Waals surface area contributed by atoms with E-state index < -0.39 is 0 Å². The Bertz CT molecular complexity index is 2050. The summed E-state index contributed by atoms with van der Waals surface area (Å²) in [5.41, 5.74) is 12.1. The predicted octanol–water partition coefficient (Wildman–Crippen LogP) is 11.7. The van der Waals surface area contributed by atoms with Crippen LogP contribution < -0.4 is 0 Å². The second-order valence-electron chi connectivity index (χ2n) is 21.4. The van der Waals surface area contributed by atoms with Crippen molar-refractivity contribution in [3.8, 4) is 0 Å². The number of aromatic nitrogens is 3. The molecule has 9 heteroatoms. The van der Waals surface area contributed by atoms with Crippen LogP contribution in [0.15, 0.2) is 49.6 Å². The highest BCUT2D eigenvalue weighted by Gasteiger charge is 2.28. The number of nitrogens with zero attached hydrogens (tertiary/aromatic N) is 3. The van der Waals surface area contributed by atoms with Crippen molar-refractivity contribution in [1.82, 2.24) is 15.0 Å². The summed E-state index contributed by atoms with van der Waals surface area (Å²) in [5.74, 6) is 1.14. The largest absolute Gasteiger partial charge is 0.438 e. The van der Waals surface area contributed by atoms with E-state index >= 15 is 0 Å². The van der Waals surface area contributed by atoms with Crippen LogP contribution in [0.1, 0.15) is 176 Å². The SMILES string of the molecule is CC(C)(C)c1cc(C(C)(C)C)c2oc(CO)nc2c1.CC(C)(C)c1cc(C(C)(C)C)c2oc(CO)nc2c1.CC(C)(C)c1cc(C(C)(C)C)c2oc(CO)nc2c1. The van der Waals surface area contributed by atoms with Gasteiger partial charge in [-0.25, -0.2) is 15.0 Å². The van der Waals surface area contributed by atoms with Gasteiger partial charge >= 0.3 is 0 Å². The second kappa shape index (κ2) is 16.0. The molecule has 6 aromatic rings. The third kappa shape index (κ3) is 10.7. The van der Waals surface area contributed by atoms with E-state index in [1.54, 1.807) is 0 Å². The van der Waals surface area contributed by atoms with Gasteiger partial charge in [-0.3, -0.25) is 0 Å². The van der Waals surface area contributed by atoms with Crippen molar-refractivity contribution in [3.63, 3.8) is 0 Å². The average Bonchev–Trinajstić information content (AvgIpc) is 3.80. The Morgan fingerprint density at radius 2 is 0.561 bits per heavy atom. The Kier molecular flexibility index (Phi) is 12.8. The molecule has 0 atom stereocenters. The third-order valence-electron chi connectivity index (χ3n) is 10.0. The Morgan fingerprint density at radius 1 is 0.351 bits per heavy atom. The molecule has 0 amide bonds. The van der Waals surface area contributed by atoms with Gasteiger partial charge in [0.2, 0.25) is 17.7 Å². The molecular formula is C48H69N3O6. The summed E-state index contributed by atoms with van der Waals surface area (Å²) in [6.07, 6.45) is 0. The van der Waals surface area contributed by atoms with E-state index in [2.05, 4.69) is 176 Å². The van der Waals surface area contributed by atoms with E-state index in [0.29, 0.717) is 17.7 Å². The highest BCUT2D eigenvalue weighted by Crippen LogP contribution is 2.38. The first-order valence-electron chi connectivity index (χ1n) is 20.0. The molecule has 0 spiro atoms. The van der Waals surface area contributed by atoms with Gasteiger partial charge in [0, 0.05) is 16.7 Å². The minimum atomic E-state index is -0.164. The molecular weight excluding hydrogens is 715 g/mol. The molecule has 0 unspecified atom stereocenters. The smallest absolute Gasteiger partial charge is 0.221 e. The van der Waals surface area contributed by atoms with Crippen molar-refractivity contribution >= 4 is 33.3 Å². The Labute approximate surface area is 340 Å². The lowest BCUT2D eigenvalue weighted by atomic mass is 9.80. The molecule has 312 valence electrons. The number of benzene rings is 3. The highest BCUT2D eigenvalue weighted by molar-refractivity contribution is 5.81. The number of rotatable bonds is 3. The fraction of sp³-hybridized carbons (Fsp3) is 0.562. The topological polar surface area (TPSA) is 139 Å². The minimum absolute atomic E-state index is 0.0221. The van der Waals surface area contributed by atoms with Gasteiger partial charge in [0.05, 0.1) is 0 Å². The van der Waals surface area contributed by atoms with Gasteiger partial charge < -0.3 is 28.6 Å². The van der Waals surface area contributed by atoms with E-state index in [9.17, 15) is 15.3 Å². The number of aliphatic hydroxyl groups is 3. The summed E-state index contributed by atoms with van der Waals surface area (Å²) < 4.78 is 17.0. The number of oxazole rings is 3. The van der Waals surface area contributed by atoms with E-state index in [0.717, 1.165) is 50.0 Å². The van der Waals surface area contributed by atoms with Crippen molar-refractivity contribution in [2.45, 2.75) is 177 Å². The van der Waals surface area contributed by atoms with Gasteiger partial charge in [0.25, 0.3) is 0 Å². The lowest BCUT2D eigenvalue weighted by molar-refractivity contribution is 0.243. The number of aliphatic hydroxyl groups excluding tert-OH is 3. The molecule has 0 aliphatic heterocycles. The third-order valence-corrected chi connectivity index (χ3v) is 10.0. The van der Waals surface area contributed by atoms with Crippen LogP contribution in [0.5, 0.6) is 0 Å². The maximum absolute atomic E-state index is 9.21. The van der Waals surface area contributed by atoms with Crippen molar-refractivity contribution in [2.24, 2.45) is 0 Å². The first-order valence-corrected chi connectivity index (χ1v) is 20.0. The van der Waals surface area contributed by atoms with Gasteiger partial charge in [-0.15, -0.1) is 0 Å². The molecule has 57 heavy (non-hydrogen) atoms. The van der Waals surface area contributed by atoms with Gasteiger partial charge in [0.1, 0.15) is 36.4 Å². The van der Waals surface area contributed by atoms with E-state index in [-0.39, 0.29) is 52.3 Å². The van der Waals surface area contributed by atoms with Crippen LogP contribution in [0.25, 0.3) is 33.3 Å². The molecule has 9 nitrogen and oxygen atoms in total. The van der Waals surface area contributed by atoms with Crippen LogP contribution in [0.3, 0.4) is 0 Å². The monoisotopic (exact) mass is 784 g/mol. The molecule has 0 fully saturated rings. The normalized spacial score (nSPS) is 13.2. The summed E-state index contributed by atoms with van der Waals surface area (Å²) in [4.78, 5) is 13.1. The fourth-order valence-corrected chi connectivity index (χ4v) is 6.41. The van der Waals surface area contributed by atoms with E-state index in [1.807, 2.05) is 0 Å². The summed E-state index contributed by atoms with van der Waals surface area (Å²) in [6.45, 7) is 38.7. The Balaban J connectivity index is 0.000000189. The zero-order chi connectivity index (χ0) is 43.3. The van der Waals surface area contributed by atoms with Crippen LogP contribution in [-0.4, -0.2) is 30.3 Å². The van der Waals surface area contributed by atoms with Crippen molar-refractivity contribution in [3.05, 3.63) is 87.5 Å². The number of hydrogen-bond acceptors (Lipinski definition) is 9. The van der Waals surface area contributed by atoms with Crippen molar-refractivity contribution in [1.29, 1.82) is 0 Å². The standard InChI is InChI=1S/3C16H23NO2/c3*1-15(2,3)10-7-11(16(4,5)6)14-12(8-10)17-13(9-18)19-14/h3*7-8,18H,9H2,1-6H3. The minimum Gasteiger partial charge on any atom is -0.438 e. The number of fused-ring (bicyclic) bond motifs is 3. The summed E-state index contributed by atoms with van der Waals surface area (Å²) in [5, 5.41) is 27.6. The summed E-state index contributed by atoms with van der Waals surface area (Å²) in [7, 11) is 0. The predicted molar refractivity (Wildman–Crippen MR) is 232 cm³/mol. The summed E-state index contributed by atoms with van der Waals surface area (Å²) >= 11 is 0. The van der Waals surface area contributed by atoms with Gasteiger partial charge in [-0.1, -0.05) is 143 Å². The van der Waals surface area contributed by atoms with Crippen LogP contribution in [0.2, 0.25) is 0 Å². The molecule has 0 aliphatic carbocycles. The lowest BCUT2D eigenvalue weighted by Crippen LogP contribution is -2.16. The zero-order valence-corrected chi connectivity index (χ0v) is 38.0. The quantitative estimate of drug-likeness (QED) is 0.160. The average molecular weight is 784 g/mol. The number of hydrogen-bond donors (Lipinski definition) is 3. The molecule has 0 radical (unpaired) electrons. The van der Waals surface area contributed by atoms with Gasteiger partial charge in [0.15, 0.2) is 16.7 Å². The summed E-state index contributed by atoms with van der Waals surface area (Å²) in [6, 6.07) is 12.8. The van der Waals surface area contributed by atoms with Crippen LogP contribution in [0, 0.1) is 0 Å². The molecule has 3 aromatic carbocycles. The molecule has 3 heterocycles. The van der Waals surface area contributed by atoms with E-state index in [4.69, 9.17) is 13.3 Å². The molecule has 0 saturated carbocycles. The first kappa shape index (κ1) is 45.6. The van der Waals surface area contributed by atoms with Crippen molar-refractivity contribution < 1.29 is 28.6 Å². The molecule has 0 aliphatic rings. The first-order chi connectivity index (χ1) is 25.9. The Hall–Kier alpha value is -4.05. The van der Waals surface area contributed by atoms with Crippen LogP contribution in [0.4, 0.5) is 0 Å². The van der Waals surface area contributed by atoms with Crippen LogP contribution in [-0.2, 0) is 52.3 Å². The lowest BCUT2D eigenvalue weighted by Gasteiger charge is -2.24. The maximum atomic E-state index is 9.21. The fourth-order valence-electron chi connectivity index (χ4n) is 6.41.